The zero-order valence-electron chi connectivity index (χ0n) is 10.4. The fourth-order valence-corrected chi connectivity index (χ4v) is 2.35. The summed E-state index contributed by atoms with van der Waals surface area (Å²) in [5, 5.41) is 5.30. The van der Waals surface area contributed by atoms with E-state index in [1.54, 1.807) is 0 Å². The number of hydrogen-bond acceptors (Lipinski definition) is 4. The number of nitrogens with one attached hydrogen (secondary N) is 1. The van der Waals surface area contributed by atoms with Crippen molar-refractivity contribution in [3.8, 4) is 0 Å². The molecule has 1 N–H and O–H groups in total. The van der Waals surface area contributed by atoms with E-state index in [0.717, 1.165) is 17.9 Å². The average molecular weight is 261 g/mol. The van der Waals surface area contributed by atoms with Gasteiger partial charge in [0.25, 0.3) is 0 Å². The second-order valence-electron chi connectivity index (χ2n) is 4.02. The summed E-state index contributed by atoms with van der Waals surface area (Å²) in [5.41, 5.74) is 2.10. The molecule has 1 amide bonds. The summed E-state index contributed by atoms with van der Waals surface area (Å²) < 4.78 is 0. The lowest BCUT2D eigenvalue weighted by atomic mass is 10.3. The highest BCUT2D eigenvalue weighted by atomic mass is 32.1. The second kappa shape index (κ2) is 5.64. The fraction of sp³-hybridized carbons (Fsp3) is 0.231. The summed E-state index contributed by atoms with van der Waals surface area (Å²) in [4.78, 5) is 17.4. The van der Waals surface area contributed by atoms with Crippen LogP contribution >= 0.6 is 11.3 Å². The molecule has 1 aromatic carbocycles. The molecule has 0 aliphatic carbocycles. The standard InChI is InChI=1S/C13H15N3OS/c1-10(17)14-13-15-11(9-18-13)8-16(2)12-6-4-3-5-7-12/h3-7,9H,8H2,1-2H3,(H,14,15,17). The van der Waals surface area contributed by atoms with Crippen LogP contribution in [-0.4, -0.2) is 17.9 Å². The molecule has 0 fully saturated rings. The lowest BCUT2D eigenvalue weighted by molar-refractivity contribution is -0.114. The van der Waals surface area contributed by atoms with Crippen molar-refractivity contribution < 1.29 is 4.79 Å². The molecular formula is C13H15N3OS. The highest BCUT2D eigenvalue weighted by Gasteiger charge is 2.06. The van der Waals surface area contributed by atoms with Gasteiger partial charge in [-0.2, -0.15) is 0 Å². The molecule has 94 valence electrons. The Morgan fingerprint density at radius 3 is 2.78 bits per heavy atom. The number of hydrogen-bond donors (Lipinski definition) is 1. The Balaban J connectivity index is 2.01. The summed E-state index contributed by atoms with van der Waals surface area (Å²) in [6.45, 7) is 2.21. The van der Waals surface area contributed by atoms with Crippen molar-refractivity contribution >= 4 is 28.1 Å². The van der Waals surface area contributed by atoms with Crippen LogP contribution in [0.15, 0.2) is 35.7 Å². The van der Waals surface area contributed by atoms with E-state index >= 15 is 0 Å². The van der Waals surface area contributed by atoms with Crippen molar-refractivity contribution in [3.63, 3.8) is 0 Å². The first kappa shape index (κ1) is 12.6. The van der Waals surface area contributed by atoms with Gasteiger partial charge in [0.15, 0.2) is 5.13 Å². The normalized spacial score (nSPS) is 10.1. The van der Waals surface area contributed by atoms with Crippen LogP contribution in [0, 0.1) is 0 Å². The smallest absolute Gasteiger partial charge is 0.223 e. The van der Waals surface area contributed by atoms with Crippen molar-refractivity contribution in [2.24, 2.45) is 0 Å². The Labute approximate surface area is 110 Å². The summed E-state index contributed by atoms with van der Waals surface area (Å²) in [5.74, 6) is -0.0905. The van der Waals surface area contributed by atoms with E-state index in [1.807, 2.05) is 30.6 Å². The molecule has 18 heavy (non-hydrogen) atoms. The van der Waals surface area contributed by atoms with Crippen molar-refractivity contribution in [2.75, 3.05) is 17.3 Å². The van der Waals surface area contributed by atoms with Crippen LogP contribution in [0.3, 0.4) is 0 Å². The SMILES string of the molecule is CC(=O)Nc1nc(CN(C)c2ccccc2)cs1. The van der Waals surface area contributed by atoms with Crippen LogP contribution < -0.4 is 10.2 Å². The van der Waals surface area contributed by atoms with Crippen LogP contribution in [0.25, 0.3) is 0 Å². The number of aromatic nitrogens is 1. The zero-order valence-corrected chi connectivity index (χ0v) is 11.2. The van der Waals surface area contributed by atoms with Gasteiger partial charge in [-0.1, -0.05) is 18.2 Å². The Morgan fingerprint density at radius 2 is 2.11 bits per heavy atom. The molecule has 4 nitrogen and oxygen atoms in total. The zero-order chi connectivity index (χ0) is 13.0. The minimum atomic E-state index is -0.0905. The molecule has 0 unspecified atom stereocenters. The summed E-state index contributed by atoms with van der Waals surface area (Å²) in [6, 6.07) is 10.1. The van der Waals surface area contributed by atoms with Crippen LogP contribution in [0.2, 0.25) is 0 Å². The van der Waals surface area contributed by atoms with Gasteiger partial charge in [0.2, 0.25) is 5.91 Å². The van der Waals surface area contributed by atoms with Gasteiger partial charge in [0.05, 0.1) is 12.2 Å². The molecule has 1 heterocycles. The van der Waals surface area contributed by atoms with Gasteiger partial charge < -0.3 is 10.2 Å². The predicted molar refractivity (Wildman–Crippen MR) is 75.0 cm³/mol. The Bertz CT molecular complexity index is 524. The number of para-hydroxylation sites is 1. The summed E-state index contributed by atoms with van der Waals surface area (Å²) >= 11 is 1.45. The molecule has 2 rings (SSSR count). The lowest BCUT2D eigenvalue weighted by Crippen LogP contribution is -2.16. The van der Waals surface area contributed by atoms with Crippen LogP contribution in [0.4, 0.5) is 10.8 Å². The molecule has 0 spiro atoms. The molecule has 1 aromatic heterocycles. The molecule has 0 aliphatic rings. The maximum atomic E-state index is 10.9. The van der Waals surface area contributed by atoms with Crippen LogP contribution in [0.5, 0.6) is 0 Å². The highest BCUT2D eigenvalue weighted by molar-refractivity contribution is 7.13. The van der Waals surface area contributed by atoms with E-state index in [0.29, 0.717) is 5.13 Å². The topological polar surface area (TPSA) is 45.2 Å². The third kappa shape index (κ3) is 3.30. The van der Waals surface area contributed by atoms with E-state index in [4.69, 9.17) is 0 Å². The number of rotatable bonds is 4. The molecule has 0 radical (unpaired) electrons. The van der Waals surface area contributed by atoms with Gasteiger partial charge in [0.1, 0.15) is 0 Å². The first-order valence-corrected chi connectivity index (χ1v) is 6.51. The summed E-state index contributed by atoms with van der Waals surface area (Å²) in [6.07, 6.45) is 0. The average Bonchev–Trinajstić information content (AvgIpc) is 2.76. The van der Waals surface area contributed by atoms with Gasteiger partial charge in [-0.15, -0.1) is 11.3 Å². The largest absolute Gasteiger partial charge is 0.369 e. The van der Waals surface area contributed by atoms with Gasteiger partial charge in [0, 0.05) is 25.0 Å². The quantitative estimate of drug-likeness (QED) is 0.920. The first-order chi connectivity index (χ1) is 8.65. The van der Waals surface area contributed by atoms with E-state index in [2.05, 4.69) is 27.3 Å². The number of carbonyl (C=O) groups is 1. The molecule has 0 aliphatic heterocycles. The Hall–Kier alpha value is -1.88. The maximum Gasteiger partial charge on any atom is 0.223 e. The Kier molecular flexibility index (Phi) is 3.94. The van der Waals surface area contributed by atoms with Crippen molar-refractivity contribution in [2.45, 2.75) is 13.5 Å². The minimum absolute atomic E-state index is 0.0905. The second-order valence-corrected chi connectivity index (χ2v) is 4.87. The third-order valence-electron chi connectivity index (χ3n) is 2.43. The molecule has 0 saturated heterocycles. The highest BCUT2D eigenvalue weighted by Crippen LogP contribution is 2.19. The molecule has 0 bridgehead atoms. The molecule has 5 heteroatoms. The van der Waals surface area contributed by atoms with Gasteiger partial charge >= 0.3 is 0 Å². The van der Waals surface area contributed by atoms with E-state index in [-0.39, 0.29) is 5.91 Å². The maximum absolute atomic E-state index is 10.9. The lowest BCUT2D eigenvalue weighted by Gasteiger charge is -2.17. The number of anilines is 2. The van der Waals surface area contributed by atoms with Gasteiger partial charge in [-0.25, -0.2) is 4.98 Å². The number of amides is 1. The third-order valence-corrected chi connectivity index (χ3v) is 3.24. The monoisotopic (exact) mass is 261 g/mol. The number of thiazole rings is 1. The summed E-state index contributed by atoms with van der Waals surface area (Å²) in [7, 11) is 2.02. The molecule has 0 saturated carbocycles. The first-order valence-electron chi connectivity index (χ1n) is 5.63. The van der Waals surface area contributed by atoms with E-state index in [1.165, 1.54) is 18.3 Å². The van der Waals surface area contributed by atoms with Crippen LogP contribution in [-0.2, 0) is 11.3 Å². The number of nitrogens with zero attached hydrogens (tertiary/aromatic N) is 2. The molecule has 2 aromatic rings. The van der Waals surface area contributed by atoms with Crippen molar-refractivity contribution in [1.29, 1.82) is 0 Å². The predicted octanol–water partition coefficient (Wildman–Crippen LogP) is 2.74. The van der Waals surface area contributed by atoms with E-state index in [9.17, 15) is 4.79 Å². The molecular weight excluding hydrogens is 246 g/mol. The van der Waals surface area contributed by atoms with Crippen molar-refractivity contribution in [3.05, 3.63) is 41.4 Å². The van der Waals surface area contributed by atoms with Gasteiger partial charge in [-0.3, -0.25) is 4.79 Å². The minimum Gasteiger partial charge on any atom is -0.369 e. The van der Waals surface area contributed by atoms with E-state index < -0.39 is 0 Å². The fourth-order valence-electron chi connectivity index (χ4n) is 1.60. The van der Waals surface area contributed by atoms with Gasteiger partial charge in [-0.05, 0) is 12.1 Å². The Morgan fingerprint density at radius 1 is 1.39 bits per heavy atom. The number of carbonyl (C=O) groups excluding carboxylic acids is 1. The number of benzene rings is 1. The van der Waals surface area contributed by atoms with Crippen LogP contribution in [0.1, 0.15) is 12.6 Å². The van der Waals surface area contributed by atoms with Crippen molar-refractivity contribution in [1.82, 2.24) is 4.98 Å². The molecule has 0 atom stereocenters.